The summed E-state index contributed by atoms with van der Waals surface area (Å²) in [6, 6.07) is 9.53. The Morgan fingerprint density at radius 1 is 1.08 bits per heavy atom. The van der Waals surface area contributed by atoms with Crippen LogP contribution in [0, 0.1) is 0 Å². The SMILES string of the molecule is OC1c2c(ccc(Oc3cccc4sccc34)c2C(F)F)SC1(F)F. The normalized spacial score (nSPS) is 18.7. The minimum Gasteiger partial charge on any atom is -0.456 e. The largest absolute Gasteiger partial charge is 0.456 e. The second-order valence-corrected chi connectivity index (χ2v) is 7.58. The number of halogens is 4. The third-order valence-electron chi connectivity index (χ3n) is 3.94. The van der Waals surface area contributed by atoms with Crippen molar-refractivity contribution < 1.29 is 27.4 Å². The van der Waals surface area contributed by atoms with Gasteiger partial charge in [0.1, 0.15) is 11.5 Å². The molecule has 4 rings (SSSR count). The van der Waals surface area contributed by atoms with E-state index in [0.717, 1.165) is 10.1 Å². The van der Waals surface area contributed by atoms with E-state index in [-0.39, 0.29) is 22.4 Å². The van der Waals surface area contributed by atoms with Gasteiger partial charge in [0.2, 0.25) is 0 Å². The van der Waals surface area contributed by atoms with Crippen LogP contribution in [0.1, 0.15) is 23.7 Å². The van der Waals surface area contributed by atoms with Crippen LogP contribution in [0.25, 0.3) is 10.1 Å². The Bertz CT molecular complexity index is 955. The van der Waals surface area contributed by atoms with Crippen molar-refractivity contribution in [2.24, 2.45) is 0 Å². The van der Waals surface area contributed by atoms with Gasteiger partial charge in [0.25, 0.3) is 6.43 Å². The van der Waals surface area contributed by atoms with Crippen molar-refractivity contribution in [1.29, 1.82) is 0 Å². The number of alkyl halides is 4. The lowest BCUT2D eigenvalue weighted by Crippen LogP contribution is -2.17. The zero-order valence-electron chi connectivity index (χ0n) is 12.4. The highest BCUT2D eigenvalue weighted by Crippen LogP contribution is 2.57. The second kappa shape index (κ2) is 5.89. The molecule has 1 aliphatic heterocycles. The molecule has 130 valence electrons. The summed E-state index contributed by atoms with van der Waals surface area (Å²) in [4.78, 5) is -0.0612. The Labute approximate surface area is 148 Å². The molecular formula is C17H10F4O2S2. The molecule has 1 atom stereocenters. The molecule has 1 unspecified atom stereocenters. The highest BCUT2D eigenvalue weighted by molar-refractivity contribution is 8.00. The fraction of sp³-hybridized carbons (Fsp3) is 0.176. The number of aliphatic hydroxyl groups excluding tert-OH is 1. The summed E-state index contributed by atoms with van der Waals surface area (Å²) in [5, 5.41) is 8.85. The number of benzene rings is 2. The molecule has 0 radical (unpaired) electrons. The van der Waals surface area contributed by atoms with Gasteiger partial charge in [0, 0.05) is 20.5 Å². The molecule has 0 amide bonds. The standard InChI is InChI=1S/C17H10F4O2S2/c18-16(19)13-10(4-5-12-14(13)15(22)17(20,21)25-12)23-9-2-1-3-11-8(9)6-7-24-11/h1-7,15-16,22H. The number of hydrogen-bond acceptors (Lipinski definition) is 4. The molecule has 0 saturated heterocycles. The van der Waals surface area contributed by atoms with Gasteiger partial charge in [0.15, 0.2) is 6.10 Å². The predicted octanol–water partition coefficient (Wildman–Crippen LogP) is 6.36. The first kappa shape index (κ1) is 16.7. The average Bonchev–Trinajstić information content (AvgIpc) is 3.11. The summed E-state index contributed by atoms with van der Waals surface area (Å²) < 4.78 is 61.3. The maximum Gasteiger partial charge on any atom is 0.327 e. The highest BCUT2D eigenvalue weighted by atomic mass is 32.2. The van der Waals surface area contributed by atoms with E-state index in [4.69, 9.17) is 4.74 Å². The fourth-order valence-electron chi connectivity index (χ4n) is 2.83. The summed E-state index contributed by atoms with van der Waals surface area (Å²) in [6.07, 6.45) is -5.35. The summed E-state index contributed by atoms with van der Waals surface area (Å²) >= 11 is 1.55. The number of fused-ring (bicyclic) bond motifs is 2. The van der Waals surface area contributed by atoms with Crippen LogP contribution in [0.3, 0.4) is 0 Å². The molecule has 0 saturated carbocycles. The van der Waals surface area contributed by atoms with Gasteiger partial charge in [0.05, 0.1) is 5.56 Å². The zero-order valence-corrected chi connectivity index (χ0v) is 14.0. The molecule has 1 aliphatic rings. The number of ether oxygens (including phenoxy) is 1. The third-order valence-corrected chi connectivity index (χ3v) is 5.89. The van der Waals surface area contributed by atoms with Gasteiger partial charge >= 0.3 is 5.25 Å². The predicted molar refractivity (Wildman–Crippen MR) is 89.1 cm³/mol. The fourth-order valence-corrected chi connectivity index (χ4v) is 4.62. The molecule has 1 N–H and O–H groups in total. The van der Waals surface area contributed by atoms with Crippen LogP contribution in [-0.2, 0) is 0 Å². The van der Waals surface area contributed by atoms with Gasteiger partial charge in [-0.1, -0.05) is 6.07 Å². The Kier molecular flexibility index (Phi) is 3.93. The van der Waals surface area contributed by atoms with Crippen LogP contribution in [-0.4, -0.2) is 10.4 Å². The Morgan fingerprint density at radius 2 is 1.88 bits per heavy atom. The summed E-state index contributed by atoms with van der Waals surface area (Å²) in [5.74, 6) is 0.123. The van der Waals surface area contributed by atoms with Crippen molar-refractivity contribution in [3.63, 3.8) is 0 Å². The maximum absolute atomic E-state index is 13.7. The first-order chi connectivity index (χ1) is 11.9. The minimum absolute atomic E-state index is 0.0612. The van der Waals surface area contributed by atoms with Crippen molar-refractivity contribution in [3.8, 4) is 11.5 Å². The molecule has 2 aromatic carbocycles. The van der Waals surface area contributed by atoms with Gasteiger partial charge in [-0.3, -0.25) is 0 Å². The average molecular weight is 386 g/mol. The Hall–Kier alpha value is -1.77. The van der Waals surface area contributed by atoms with Gasteiger partial charge in [-0.25, -0.2) is 8.78 Å². The van der Waals surface area contributed by atoms with E-state index in [9.17, 15) is 22.7 Å². The van der Waals surface area contributed by atoms with Crippen LogP contribution in [0.15, 0.2) is 46.7 Å². The molecule has 0 aliphatic carbocycles. The van der Waals surface area contributed by atoms with Crippen molar-refractivity contribution in [3.05, 3.63) is 52.9 Å². The lowest BCUT2D eigenvalue weighted by molar-refractivity contribution is -0.0327. The van der Waals surface area contributed by atoms with Crippen molar-refractivity contribution in [2.75, 3.05) is 0 Å². The van der Waals surface area contributed by atoms with Crippen molar-refractivity contribution >= 4 is 33.2 Å². The topological polar surface area (TPSA) is 29.5 Å². The van der Waals surface area contributed by atoms with E-state index in [0.29, 0.717) is 5.75 Å². The number of aliphatic hydroxyl groups is 1. The monoisotopic (exact) mass is 386 g/mol. The number of thiophene rings is 1. The molecule has 0 spiro atoms. The van der Waals surface area contributed by atoms with Crippen molar-refractivity contribution in [2.45, 2.75) is 22.7 Å². The van der Waals surface area contributed by atoms with E-state index in [1.165, 1.54) is 23.5 Å². The number of hydrogen-bond donors (Lipinski definition) is 1. The lowest BCUT2D eigenvalue weighted by Gasteiger charge is -2.17. The van der Waals surface area contributed by atoms with Gasteiger partial charge < -0.3 is 9.84 Å². The summed E-state index contributed by atoms with van der Waals surface area (Å²) in [7, 11) is 0. The third kappa shape index (κ3) is 2.68. The van der Waals surface area contributed by atoms with E-state index in [2.05, 4.69) is 0 Å². The Balaban J connectivity index is 1.84. The number of rotatable bonds is 3. The number of thioether (sulfide) groups is 1. The quantitative estimate of drug-likeness (QED) is 0.531. The second-order valence-electron chi connectivity index (χ2n) is 5.45. The maximum atomic E-state index is 13.7. The summed E-state index contributed by atoms with van der Waals surface area (Å²) in [6.45, 7) is 0. The molecule has 2 heterocycles. The van der Waals surface area contributed by atoms with Crippen LogP contribution in [0.4, 0.5) is 17.6 Å². The molecule has 8 heteroatoms. The van der Waals surface area contributed by atoms with Crippen molar-refractivity contribution in [1.82, 2.24) is 0 Å². The molecule has 2 nitrogen and oxygen atoms in total. The summed E-state index contributed by atoms with van der Waals surface area (Å²) in [5.41, 5.74) is -1.15. The molecule has 25 heavy (non-hydrogen) atoms. The van der Waals surface area contributed by atoms with E-state index in [1.54, 1.807) is 18.2 Å². The van der Waals surface area contributed by atoms with Gasteiger partial charge in [-0.2, -0.15) is 8.78 Å². The first-order valence-electron chi connectivity index (χ1n) is 7.22. The minimum atomic E-state index is -3.54. The molecule has 1 aromatic heterocycles. The van der Waals surface area contributed by atoms with Crippen LogP contribution in [0.5, 0.6) is 11.5 Å². The molecule has 0 bridgehead atoms. The van der Waals surface area contributed by atoms with Crippen LogP contribution >= 0.6 is 23.1 Å². The van der Waals surface area contributed by atoms with Crippen LogP contribution < -0.4 is 4.74 Å². The Morgan fingerprint density at radius 3 is 2.64 bits per heavy atom. The molecule has 0 fully saturated rings. The molecular weight excluding hydrogens is 376 g/mol. The van der Waals surface area contributed by atoms with E-state index >= 15 is 0 Å². The van der Waals surface area contributed by atoms with Gasteiger partial charge in [-0.15, -0.1) is 11.3 Å². The van der Waals surface area contributed by atoms with E-state index < -0.39 is 28.9 Å². The molecule has 3 aromatic rings. The lowest BCUT2D eigenvalue weighted by atomic mass is 10.0. The van der Waals surface area contributed by atoms with Gasteiger partial charge in [-0.05, 0) is 47.5 Å². The first-order valence-corrected chi connectivity index (χ1v) is 8.92. The zero-order chi connectivity index (χ0) is 17.8. The highest BCUT2D eigenvalue weighted by Gasteiger charge is 2.50. The van der Waals surface area contributed by atoms with E-state index in [1.807, 2.05) is 11.4 Å². The van der Waals surface area contributed by atoms with Crippen LogP contribution in [0.2, 0.25) is 0 Å². The smallest absolute Gasteiger partial charge is 0.327 e.